The number of hydrogen-bond acceptors (Lipinski definition) is 4. The van der Waals surface area contributed by atoms with E-state index in [0.717, 1.165) is 38.5 Å². The first-order valence-electron chi connectivity index (χ1n) is 12.5. The summed E-state index contributed by atoms with van der Waals surface area (Å²) in [5, 5.41) is 0. The molecule has 3 aliphatic rings. The molecule has 3 amide bonds. The van der Waals surface area contributed by atoms with Crippen LogP contribution in [0.5, 0.6) is 5.75 Å². The number of ether oxygens (including phenoxy) is 1. The first-order chi connectivity index (χ1) is 15.6. The first-order valence-corrected chi connectivity index (χ1v) is 12.5. The highest BCUT2D eigenvalue weighted by atomic mass is 16.5. The standard InChI is InChI=1S/C27H38N2O4/c1-6-33-20-15-13-19(14-16-20)29-22(30)17-21(24(29)31)28(18-11-9-7-8-10-12-18)25(32)23-26(2,3)27(23,4)5/h13-16,18,21,23H,6-12,17H2,1-5H3. The summed E-state index contributed by atoms with van der Waals surface area (Å²) in [6.07, 6.45) is 6.30. The van der Waals surface area contributed by atoms with Crippen LogP contribution in [0.15, 0.2) is 24.3 Å². The maximum Gasteiger partial charge on any atom is 0.257 e. The van der Waals surface area contributed by atoms with Crippen LogP contribution in [0.1, 0.15) is 79.6 Å². The molecule has 0 spiro atoms. The summed E-state index contributed by atoms with van der Waals surface area (Å²) in [5.41, 5.74) is 0.303. The summed E-state index contributed by atoms with van der Waals surface area (Å²) in [7, 11) is 0. The van der Waals surface area contributed by atoms with Gasteiger partial charge in [-0.2, -0.15) is 0 Å². The third kappa shape index (κ3) is 4.06. The number of anilines is 1. The summed E-state index contributed by atoms with van der Waals surface area (Å²) in [5.74, 6) is 0.102. The van der Waals surface area contributed by atoms with E-state index < -0.39 is 6.04 Å². The number of carbonyl (C=O) groups excluding carboxylic acids is 3. The summed E-state index contributed by atoms with van der Waals surface area (Å²) in [6.45, 7) is 11.0. The Morgan fingerprint density at radius 2 is 1.58 bits per heavy atom. The molecule has 2 aliphatic carbocycles. The largest absolute Gasteiger partial charge is 0.494 e. The fourth-order valence-electron chi connectivity index (χ4n) is 6.05. The topological polar surface area (TPSA) is 66.9 Å². The lowest BCUT2D eigenvalue weighted by atomic mass is 10.0. The average molecular weight is 455 g/mol. The number of nitrogens with zero attached hydrogens (tertiary/aromatic N) is 2. The lowest BCUT2D eigenvalue weighted by Crippen LogP contribution is -2.52. The summed E-state index contributed by atoms with van der Waals surface area (Å²) in [4.78, 5) is 43.8. The van der Waals surface area contributed by atoms with E-state index in [1.165, 1.54) is 4.90 Å². The van der Waals surface area contributed by atoms with E-state index >= 15 is 0 Å². The minimum atomic E-state index is -0.716. The normalized spacial score (nSPS) is 25.1. The Kier molecular flexibility index (Phi) is 6.32. The Bertz CT molecular complexity index is 899. The third-order valence-electron chi connectivity index (χ3n) is 8.60. The summed E-state index contributed by atoms with van der Waals surface area (Å²) < 4.78 is 5.49. The average Bonchev–Trinajstić information content (AvgIpc) is 3.19. The number of amides is 3. The van der Waals surface area contributed by atoms with Crippen molar-refractivity contribution in [2.75, 3.05) is 11.5 Å². The minimum Gasteiger partial charge on any atom is -0.494 e. The van der Waals surface area contributed by atoms with Crippen molar-refractivity contribution in [2.45, 2.75) is 91.6 Å². The molecule has 1 aromatic carbocycles. The van der Waals surface area contributed by atoms with Crippen LogP contribution in [0.2, 0.25) is 0 Å². The molecular weight excluding hydrogens is 416 g/mol. The molecule has 0 radical (unpaired) electrons. The Morgan fingerprint density at radius 3 is 2.09 bits per heavy atom. The van der Waals surface area contributed by atoms with Gasteiger partial charge >= 0.3 is 0 Å². The SMILES string of the molecule is CCOc1ccc(N2C(=O)CC(N(C(=O)C3C(C)(C)C3(C)C)C3CCCCCC3)C2=O)cc1. The smallest absolute Gasteiger partial charge is 0.257 e. The van der Waals surface area contributed by atoms with Gasteiger partial charge in [0.05, 0.1) is 18.7 Å². The van der Waals surface area contributed by atoms with Crippen molar-refractivity contribution < 1.29 is 19.1 Å². The molecule has 1 aromatic rings. The maximum absolute atomic E-state index is 14.0. The second-order valence-electron chi connectivity index (χ2n) is 11.0. The van der Waals surface area contributed by atoms with Gasteiger partial charge in [0.2, 0.25) is 11.8 Å². The fourth-order valence-corrected chi connectivity index (χ4v) is 6.05. The number of carbonyl (C=O) groups is 3. The predicted molar refractivity (Wildman–Crippen MR) is 128 cm³/mol. The van der Waals surface area contributed by atoms with Crippen LogP contribution in [0, 0.1) is 16.7 Å². The Hall–Kier alpha value is -2.37. The molecule has 1 aliphatic heterocycles. The van der Waals surface area contributed by atoms with Gasteiger partial charge in [-0.15, -0.1) is 0 Å². The molecule has 180 valence electrons. The first kappa shape index (κ1) is 23.8. The number of hydrogen-bond donors (Lipinski definition) is 0. The molecule has 6 nitrogen and oxygen atoms in total. The van der Waals surface area contributed by atoms with Crippen LogP contribution in [0.3, 0.4) is 0 Å². The van der Waals surface area contributed by atoms with Crippen LogP contribution in [-0.2, 0) is 14.4 Å². The Labute approximate surface area is 197 Å². The van der Waals surface area contributed by atoms with Crippen molar-refractivity contribution in [1.82, 2.24) is 4.90 Å². The quantitative estimate of drug-likeness (QED) is 0.451. The van der Waals surface area contributed by atoms with Crippen LogP contribution >= 0.6 is 0 Å². The highest BCUT2D eigenvalue weighted by molar-refractivity contribution is 6.23. The van der Waals surface area contributed by atoms with Crippen LogP contribution in [0.4, 0.5) is 5.69 Å². The maximum atomic E-state index is 14.0. The zero-order valence-corrected chi connectivity index (χ0v) is 20.7. The summed E-state index contributed by atoms with van der Waals surface area (Å²) in [6, 6.07) is 6.34. The van der Waals surface area contributed by atoms with E-state index in [4.69, 9.17) is 4.74 Å². The van der Waals surface area contributed by atoms with Gasteiger partial charge in [0, 0.05) is 12.0 Å². The molecule has 6 heteroatoms. The molecule has 3 fully saturated rings. The van der Waals surface area contributed by atoms with Crippen LogP contribution in [0.25, 0.3) is 0 Å². The molecule has 2 saturated carbocycles. The predicted octanol–water partition coefficient (Wildman–Crippen LogP) is 4.95. The molecule has 1 atom stereocenters. The number of benzene rings is 1. The van der Waals surface area contributed by atoms with Gasteiger partial charge in [-0.1, -0.05) is 53.4 Å². The van der Waals surface area contributed by atoms with E-state index in [0.29, 0.717) is 18.0 Å². The second-order valence-corrected chi connectivity index (χ2v) is 11.0. The molecule has 1 heterocycles. The molecular formula is C27H38N2O4. The zero-order valence-electron chi connectivity index (χ0n) is 20.7. The van der Waals surface area contributed by atoms with E-state index in [2.05, 4.69) is 27.7 Å². The molecule has 4 rings (SSSR count). The molecule has 0 aromatic heterocycles. The highest BCUT2D eigenvalue weighted by Crippen LogP contribution is 2.69. The number of imide groups is 1. The fraction of sp³-hybridized carbons (Fsp3) is 0.667. The van der Waals surface area contributed by atoms with Crippen molar-refractivity contribution in [1.29, 1.82) is 0 Å². The Balaban J connectivity index is 1.63. The lowest BCUT2D eigenvalue weighted by Gasteiger charge is -2.36. The third-order valence-corrected chi connectivity index (χ3v) is 8.60. The molecule has 1 unspecified atom stereocenters. The molecule has 0 N–H and O–H groups in total. The minimum absolute atomic E-state index is 0.0224. The molecule has 0 bridgehead atoms. The second kappa shape index (κ2) is 8.77. The zero-order chi connectivity index (χ0) is 24.0. The van der Waals surface area contributed by atoms with E-state index in [1.54, 1.807) is 24.3 Å². The van der Waals surface area contributed by atoms with Crippen molar-refractivity contribution in [3.8, 4) is 5.75 Å². The van der Waals surface area contributed by atoms with Gasteiger partial charge in [-0.25, -0.2) is 4.90 Å². The monoisotopic (exact) mass is 454 g/mol. The summed E-state index contributed by atoms with van der Waals surface area (Å²) >= 11 is 0. The van der Waals surface area contributed by atoms with Gasteiger partial charge in [-0.3, -0.25) is 14.4 Å². The van der Waals surface area contributed by atoms with Crippen molar-refractivity contribution in [2.24, 2.45) is 16.7 Å². The highest BCUT2D eigenvalue weighted by Gasteiger charge is 2.69. The van der Waals surface area contributed by atoms with Crippen molar-refractivity contribution >= 4 is 23.4 Å². The van der Waals surface area contributed by atoms with Gasteiger partial charge in [0.1, 0.15) is 11.8 Å². The molecule has 1 saturated heterocycles. The van der Waals surface area contributed by atoms with Gasteiger partial charge in [0.25, 0.3) is 5.91 Å². The van der Waals surface area contributed by atoms with Gasteiger partial charge in [-0.05, 0) is 54.9 Å². The lowest BCUT2D eigenvalue weighted by molar-refractivity contribution is -0.143. The van der Waals surface area contributed by atoms with Crippen molar-refractivity contribution in [3.05, 3.63) is 24.3 Å². The van der Waals surface area contributed by atoms with Gasteiger partial charge in [0.15, 0.2) is 0 Å². The Morgan fingerprint density at radius 1 is 1.00 bits per heavy atom. The van der Waals surface area contributed by atoms with Crippen LogP contribution in [-0.4, -0.2) is 41.3 Å². The van der Waals surface area contributed by atoms with E-state index in [9.17, 15) is 14.4 Å². The van der Waals surface area contributed by atoms with E-state index in [-0.39, 0.29) is 46.9 Å². The van der Waals surface area contributed by atoms with Crippen molar-refractivity contribution in [3.63, 3.8) is 0 Å². The van der Waals surface area contributed by atoms with Crippen LogP contribution < -0.4 is 9.64 Å². The van der Waals surface area contributed by atoms with E-state index in [1.807, 2.05) is 11.8 Å². The molecule has 33 heavy (non-hydrogen) atoms. The number of rotatable bonds is 6. The van der Waals surface area contributed by atoms with Gasteiger partial charge < -0.3 is 9.64 Å².